The summed E-state index contributed by atoms with van der Waals surface area (Å²) in [5.41, 5.74) is 0.403. The standard InChI is InChI=1S/C26H22F3NO4/c1-2-33-24-15-18(11-13-22(31)19-7-4-3-5-8-19)12-14-23(24)34-17-25(32)30-21-10-6-9-20(16-21)26(27,28)29/h3-16H,2,17H2,1H3,(H,30,32)/b13-11+. The minimum absolute atomic E-state index is 0.0111. The predicted octanol–water partition coefficient (Wildman–Crippen LogP) is 6.02. The minimum Gasteiger partial charge on any atom is -0.490 e. The molecule has 1 amide bonds. The lowest BCUT2D eigenvalue weighted by atomic mass is 10.1. The Kier molecular flexibility index (Phi) is 8.08. The molecule has 0 unspecified atom stereocenters. The number of hydrogen-bond donors (Lipinski definition) is 1. The van der Waals surface area contributed by atoms with Gasteiger partial charge >= 0.3 is 6.18 Å². The van der Waals surface area contributed by atoms with Gasteiger partial charge in [-0.15, -0.1) is 0 Å². The molecular formula is C26H22F3NO4. The van der Waals surface area contributed by atoms with Crippen molar-refractivity contribution >= 4 is 23.5 Å². The van der Waals surface area contributed by atoms with Crippen LogP contribution in [0.25, 0.3) is 6.08 Å². The van der Waals surface area contributed by atoms with Gasteiger partial charge < -0.3 is 14.8 Å². The molecule has 3 aromatic rings. The maximum Gasteiger partial charge on any atom is 0.416 e. The van der Waals surface area contributed by atoms with Crippen molar-refractivity contribution in [3.05, 3.63) is 95.6 Å². The molecule has 0 radical (unpaired) electrons. The number of anilines is 1. The van der Waals surface area contributed by atoms with Gasteiger partial charge in [-0.1, -0.05) is 48.5 Å². The molecule has 0 atom stereocenters. The second-order valence-corrected chi connectivity index (χ2v) is 7.12. The zero-order valence-electron chi connectivity index (χ0n) is 18.3. The van der Waals surface area contributed by atoms with Gasteiger partial charge in [0.05, 0.1) is 12.2 Å². The molecule has 0 bridgehead atoms. The highest BCUT2D eigenvalue weighted by atomic mass is 19.4. The lowest BCUT2D eigenvalue weighted by Gasteiger charge is -2.13. The second-order valence-electron chi connectivity index (χ2n) is 7.12. The van der Waals surface area contributed by atoms with Crippen molar-refractivity contribution in [2.45, 2.75) is 13.1 Å². The number of ketones is 1. The molecule has 1 N–H and O–H groups in total. The van der Waals surface area contributed by atoms with Crippen LogP contribution in [0, 0.1) is 0 Å². The number of ether oxygens (including phenoxy) is 2. The van der Waals surface area contributed by atoms with E-state index in [0.29, 0.717) is 23.5 Å². The number of amides is 1. The fourth-order valence-corrected chi connectivity index (χ4v) is 3.00. The third-order valence-corrected chi connectivity index (χ3v) is 4.59. The minimum atomic E-state index is -4.51. The first kappa shape index (κ1) is 24.6. The Balaban J connectivity index is 1.64. The van der Waals surface area contributed by atoms with Gasteiger partial charge in [-0.05, 0) is 48.9 Å². The van der Waals surface area contributed by atoms with E-state index in [-0.39, 0.29) is 17.2 Å². The van der Waals surface area contributed by atoms with Gasteiger partial charge in [-0.25, -0.2) is 0 Å². The number of rotatable bonds is 9. The van der Waals surface area contributed by atoms with E-state index in [1.54, 1.807) is 55.5 Å². The number of nitrogens with one attached hydrogen (secondary N) is 1. The highest BCUT2D eigenvalue weighted by Gasteiger charge is 2.30. The van der Waals surface area contributed by atoms with E-state index in [0.717, 1.165) is 12.1 Å². The van der Waals surface area contributed by atoms with E-state index in [1.807, 2.05) is 6.07 Å². The normalized spacial score (nSPS) is 11.3. The van der Waals surface area contributed by atoms with Crippen LogP contribution in [-0.4, -0.2) is 24.9 Å². The van der Waals surface area contributed by atoms with Crippen LogP contribution in [0.2, 0.25) is 0 Å². The Bertz CT molecular complexity index is 1170. The summed E-state index contributed by atoms with van der Waals surface area (Å²) in [6.07, 6.45) is -1.42. The SMILES string of the molecule is CCOc1cc(/C=C/C(=O)c2ccccc2)ccc1OCC(=O)Nc1cccc(C(F)(F)F)c1. The van der Waals surface area contributed by atoms with Crippen LogP contribution in [0.1, 0.15) is 28.4 Å². The number of allylic oxidation sites excluding steroid dienone is 1. The highest BCUT2D eigenvalue weighted by molar-refractivity contribution is 6.06. The molecule has 0 saturated carbocycles. The smallest absolute Gasteiger partial charge is 0.416 e. The largest absolute Gasteiger partial charge is 0.490 e. The number of halogens is 3. The quantitative estimate of drug-likeness (QED) is 0.308. The van der Waals surface area contributed by atoms with Crippen LogP contribution in [-0.2, 0) is 11.0 Å². The molecule has 3 aromatic carbocycles. The molecule has 5 nitrogen and oxygen atoms in total. The number of alkyl halides is 3. The zero-order chi connectivity index (χ0) is 24.6. The van der Waals surface area contributed by atoms with E-state index in [1.165, 1.54) is 18.2 Å². The van der Waals surface area contributed by atoms with E-state index in [4.69, 9.17) is 9.47 Å². The summed E-state index contributed by atoms with van der Waals surface area (Å²) in [5, 5.41) is 2.38. The zero-order valence-corrected chi connectivity index (χ0v) is 18.3. The lowest BCUT2D eigenvalue weighted by molar-refractivity contribution is -0.137. The van der Waals surface area contributed by atoms with Crippen LogP contribution >= 0.6 is 0 Å². The molecule has 0 fully saturated rings. The number of carbonyl (C=O) groups excluding carboxylic acids is 2. The summed E-state index contributed by atoms with van der Waals surface area (Å²) < 4.78 is 49.6. The van der Waals surface area contributed by atoms with Gasteiger partial charge in [0.25, 0.3) is 5.91 Å². The van der Waals surface area contributed by atoms with Crippen molar-refractivity contribution in [2.24, 2.45) is 0 Å². The first-order valence-corrected chi connectivity index (χ1v) is 10.4. The van der Waals surface area contributed by atoms with Gasteiger partial charge in [-0.3, -0.25) is 9.59 Å². The average Bonchev–Trinajstić information content (AvgIpc) is 2.82. The van der Waals surface area contributed by atoms with Gasteiger partial charge in [0.2, 0.25) is 0 Å². The van der Waals surface area contributed by atoms with Crippen LogP contribution < -0.4 is 14.8 Å². The molecule has 0 aliphatic carbocycles. The van der Waals surface area contributed by atoms with Crippen molar-refractivity contribution in [2.75, 3.05) is 18.5 Å². The highest BCUT2D eigenvalue weighted by Crippen LogP contribution is 2.31. The summed E-state index contributed by atoms with van der Waals surface area (Å²) in [7, 11) is 0. The topological polar surface area (TPSA) is 64.6 Å². The molecule has 34 heavy (non-hydrogen) atoms. The first-order valence-electron chi connectivity index (χ1n) is 10.4. The molecule has 0 aliphatic heterocycles. The molecule has 0 heterocycles. The van der Waals surface area contributed by atoms with Crippen molar-refractivity contribution in [3.63, 3.8) is 0 Å². The monoisotopic (exact) mass is 469 g/mol. The van der Waals surface area contributed by atoms with E-state index < -0.39 is 24.3 Å². The van der Waals surface area contributed by atoms with Gasteiger partial charge in [-0.2, -0.15) is 13.2 Å². The Labute approximate surface area is 194 Å². The molecule has 0 saturated heterocycles. The molecule has 176 valence electrons. The molecular weight excluding hydrogens is 447 g/mol. The van der Waals surface area contributed by atoms with Gasteiger partial charge in [0.15, 0.2) is 23.9 Å². The molecule has 0 spiro atoms. The third-order valence-electron chi connectivity index (χ3n) is 4.59. The molecule has 3 rings (SSSR count). The van der Waals surface area contributed by atoms with E-state index >= 15 is 0 Å². The van der Waals surface area contributed by atoms with Gasteiger partial charge in [0, 0.05) is 11.3 Å². The summed E-state index contributed by atoms with van der Waals surface area (Å²) in [5.74, 6) is -0.124. The summed E-state index contributed by atoms with van der Waals surface area (Å²) >= 11 is 0. The summed E-state index contributed by atoms with van der Waals surface area (Å²) in [4.78, 5) is 24.4. The lowest BCUT2D eigenvalue weighted by Crippen LogP contribution is -2.20. The Morgan fingerprint density at radius 2 is 1.68 bits per heavy atom. The molecule has 8 heteroatoms. The maximum atomic E-state index is 12.8. The first-order chi connectivity index (χ1) is 16.3. The second kappa shape index (κ2) is 11.2. The maximum absolute atomic E-state index is 12.8. The number of carbonyl (C=O) groups is 2. The average molecular weight is 469 g/mol. The van der Waals surface area contributed by atoms with Crippen molar-refractivity contribution in [1.29, 1.82) is 0 Å². The van der Waals surface area contributed by atoms with Gasteiger partial charge in [0.1, 0.15) is 0 Å². The van der Waals surface area contributed by atoms with Crippen LogP contribution in [0.3, 0.4) is 0 Å². The van der Waals surface area contributed by atoms with Crippen LogP contribution in [0.4, 0.5) is 18.9 Å². The Hall–Kier alpha value is -4.07. The third kappa shape index (κ3) is 6.96. The molecule has 0 aliphatic rings. The van der Waals surface area contributed by atoms with E-state index in [2.05, 4.69) is 5.32 Å². The Morgan fingerprint density at radius 1 is 0.912 bits per heavy atom. The number of hydrogen-bond acceptors (Lipinski definition) is 4. The van der Waals surface area contributed by atoms with Crippen molar-refractivity contribution < 1.29 is 32.2 Å². The number of benzene rings is 3. The van der Waals surface area contributed by atoms with Crippen LogP contribution in [0.15, 0.2) is 78.9 Å². The molecule has 0 aromatic heterocycles. The fourth-order valence-electron chi connectivity index (χ4n) is 3.00. The van der Waals surface area contributed by atoms with E-state index in [9.17, 15) is 22.8 Å². The summed E-state index contributed by atoms with van der Waals surface area (Å²) in [6.45, 7) is 1.69. The van der Waals surface area contributed by atoms with Crippen LogP contribution in [0.5, 0.6) is 11.5 Å². The van der Waals surface area contributed by atoms with Crippen molar-refractivity contribution in [3.8, 4) is 11.5 Å². The Morgan fingerprint density at radius 3 is 2.38 bits per heavy atom. The van der Waals surface area contributed by atoms with Crippen molar-refractivity contribution in [1.82, 2.24) is 0 Å². The fraction of sp³-hybridized carbons (Fsp3) is 0.154. The predicted molar refractivity (Wildman–Crippen MR) is 123 cm³/mol. The summed E-state index contributed by atoms with van der Waals surface area (Å²) in [6, 6.07) is 18.1.